The molecular weight excluding hydrogens is 294 g/mol. The number of ether oxygens (including phenoxy) is 1. The average molecular weight is 327 g/mol. The molecule has 1 heterocycles. The zero-order chi connectivity index (χ0) is 17.4. The molecule has 1 rings (SSSR count). The Hall–Kier alpha value is -1.14. The number of hydrogen-bond donors (Lipinski definition) is 1. The van der Waals surface area contributed by atoms with Crippen molar-refractivity contribution in [2.24, 2.45) is 5.92 Å². The first-order chi connectivity index (χ1) is 10.9. The number of piperazine rings is 1. The van der Waals surface area contributed by atoms with Gasteiger partial charge in [0.1, 0.15) is 0 Å². The number of nitrogens with one attached hydrogen (secondary N) is 1. The second-order valence-electron chi connectivity index (χ2n) is 6.90. The summed E-state index contributed by atoms with van der Waals surface area (Å²) in [6.07, 6.45) is 1.28. The fraction of sp³-hybridized carbons (Fsp3) is 0.882. The second-order valence-corrected chi connectivity index (χ2v) is 6.90. The third-order valence-corrected chi connectivity index (χ3v) is 4.28. The Kier molecular flexibility index (Phi) is 8.55. The van der Waals surface area contributed by atoms with Gasteiger partial charge >= 0.3 is 0 Å². The molecule has 1 aliphatic heterocycles. The molecule has 6 heteroatoms. The van der Waals surface area contributed by atoms with Crippen LogP contribution in [0, 0.1) is 5.92 Å². The van der Waals surface area contributed by atoms with Crippen molar-refractivity contribution in [1.29, 1.82) is 0 Å². The third kappa shape index (κ3) is 6.47. The Bertz CT molecular complexity index is 385. The zero-order valence-corrected chi connectivity index (χ0v) is 15.3. The van der Waals surface area contributed by atoms with E-state index in [4.69, 9.17) is 4.74 Å². The molecule has 0 radical (unpaired) electrons. The van der Waals surface area contributed by atoms with E-state index < -0.39 is 0 Å². The first-order valence-electron chi connectivity index (χ1n) is 8.67. The Labute approximate surface area is 140 Å². The summed E-state index contributed by atoms with van der Waals surface area (Å²) in [5, 5.41) is 2.89. The molecule has 0 aromatic rings. The fourth-order valence-corrected chi connectivity index (χ4v) is 2.82. The van der Waals surface area contributed by atoms with E-state index in [2.05, 4.69) is 24.1 Å². The fourth-order valence-electron chi connectivity index (χ4n) is 2.82. The SMILES string of the molecule is COCCN(C(=O)CC1C(=O)NCCN1CCC(C)C)C(C)C. The van der Waals surface area contributed by atoms with Crippen molar-refractivity contribution in [3.8, 4) is 0 Å². The normalized spacial score (nSPS) is 19.3. The van der Waals surface area contributed by atoms with Gasteiger partial charge in [0.15, 0.2) is 0 Å². The van der Waals surface area contributed by atoms with Gasteiger partial charge < -0.3 is 15.0 Å². The number of carbonyl (C=O) groups is 2. The molecule has 1 saturated heterocycles. The molecule has 1 atom stereocenters. The molecule has 0 saturated carbocycles. The molecule has 1 N–H and O–H groups in total. The van der Waals surface area contributed by atoms with Gasteiger partial charge in [0, 0.05) is 32.8 Å². The van der Waals surface area contributed by atoms with Crippen molar-refractivity contribution in [3.05, 3.63) is 0 Å². The van der Waals surface area contributed by atoms with Crippen LogP contribution in [0.15, 0.2) is 0 Å². The van der Waals surface area contributed by atoms with Crippen LogP contribution in [0.4, 0.5) is 0 Å². The van der Waals surface area contributed by atoms with Crippen molar-refractivity contribution in [1.82, 2.24) is 15.1 Å². The highest BCUT2D eigenvalue weighted by Gasteiger charge is 2.33. The van der Waals surface area contributed by atoms with E-state index >= 15 is 0 Å². The smallest absolute Gasteiger partial charge is 0.237 e. The molecular formula is C17H33N3O3. The van der Waals surface area contributed by atoms with Gasteiger partial charge in [-0.05, 0) is 32.7 Å². The molecule has 0 spiro atoms. The maximum absolute atomic E-state index is 12.7. The van der Waals surface area contributed by atoms with Crippen molar-refractivity contribution >= 4 is 11.8 Å². The van der Waals surface area contributed by atoms with Crippen LogP contribution in [0.3, 0.4) is 0 Å². The predicted octanol–water partition coefficient (Wildman–Crippen LogP) is 1.11. The Balaban J connectivity index is 2.70. The lowest BCUT2D eigenvalue weighted by Crippen LogP contribution is -2.57. The van der Waals surface area contributed by atoms with Crippen LogP contribution >= 0.6 is 0 Å². The monoisotopic (exact) mass is 327 g/mol. The molecule has 2 amide bonds. The number of hydrogen-bond acceptors (Lipinski definition) is 4. The van der Waals surface area contributed by atoms with Crippen LogP contribution in [-0.4, -0.2) is 73.6 Å². The van der Waals surface area contributed by atoms with E-state index in [0.717, 1.165) is 19.5 Å². The Morgan fingerprint density at radius 1 is 1.39 bits per heavy atom. The van der Waals surface area contributed by atoms with Gasteiger partial charge in [-0.25, -0.2) is 0 Å². The predicted molar refractivity (Wildman–Crippen MR) is 91.2 cm³/mol. The van der Waals surface area contributed by atoms with Gasteiger partial charge in [-0.2, -0.15) is 0 Å². The summed E-state index contributed by atoms with van der Waals surface area (Å²) >= 11 is 0. The highest BCUT2D eigenvalue weighted by Crippen LogP contribution is 2.14. The average Bonchev–Trinajstić information content (AvgIpc) is 2.47. The van der Waals surface area contributed by atoms with Crippen LogP contribution in [0.2, 0.25) is 0 Å². The largest absolute Gasteiger partial charge is 0.383 e. The Morgan fingerprint density at radius 2 is 2.09 bits per heavy atom. The summed E-state index contributed by atoms with van der Waals surface area (Å²) in [6.45, 7) is 11.8. The van der Waals surface area contributed by atoms with E-state index in [0.29, 0.717) is 25.6 Å². The van der Waals surface area contributed by atoms with E-state index in [-0.39, 0.29) is 30.3 Å². The summed E-state index contributed by atoms with van der Waals surface area (Å²) in [7, 11) is 1.63. The van der Waals surface area contributed by atoms with Crippen molar-refractivity contribution in [2.75, 3.05) is 39.9 Å². The molecule has 0 bridgehead atoms. The van der Waals surface area contributed by atoms with Gasteiger partial charge in [-0.3, -0.25) is 14.5 Å². The van der Waals surface area contributed by atoms with Gasteiger partial charge in [-0.1, -0.05) is 13.8 Å². The molecule has 6 nitrogen and oxygen atoms in total. The second kappa shape index (κ2) is 9.88. The first kappa shape index (κ1) is 19.9. The van der Waals surface area contributed by atoms with Crippen LogP contribution in [0.5, 0.6) is 0 Å². The highest BCUT2D eigenvalue weighted by atomic mass is 16.5. The van der Waals surface area contributed by atoms with Crippen LogP contribution in [-0.2, 0) is 14.3 Å². The van der Waals surface area contributed by atoms with Gasteiger partial charge in [0.2, 0.25) is 11.8 Å². The number of rotatable bonds is 9. The lowest BCUT2D eigenvalue weighted by molar-refractivity contribution is -0.140. The molecule has 0 aromatic carbocycles. The summed E-state index contributed by atoms with van der Waals surface area (Å²) in [6, 6.07) is -0.243. The molecule has 1 fully saturated rings. The zero-order valence-electron chi connectivity index (χ0n) is 15.3. The van der Waals surface area contributed by atoms with Crippen LogP contribution in [0.25, 0.3) is 0 Å². The number of amides is 2. The molecule has 0 aromatic heterocycles. The minimum Gasteiger partial charge on any atom is -0.383 e. The van der Waals surface area contributed by atoms with Gasteiger partial charge in [-0.15, -0.1) is 0 Å². The van der Waals surface area contributed by atoms with Crippen LogP contribution in [0.1, 0.15) is 40.5 Å². The van der Waals surface area contributed by atoms with Gasteiger partial charge in [0.25, 0.3) is 0 Å². The topological polar surface area (TPSA) is 61.9 Å². The molecule has 23 heavy (non-hydrogen) atoms. The quantitative estimate of drug-likeness (QED) is 0.689. The molecule has 0 aliphatic carbocycles. The van der Waals surface area contributed by atoms with E-state index in [1.807, 2.05) is 13.8 Å². The lowest BCUT2D eigenvalue weighted by atomic mass is 10.0. The molecule has 134 valence electrons. The van der Waals surface area contributed by atoms with Crippen molar-refractivity contribution in [3.63, 3.8) is 0 Å². The minimum atomic E-state index is -0.348. The summed E-state index contributed by atoms with van der Waals surface area (Å²) in [5.74, 6) is 0.586. The lowest BCUT2D eigenvalue weighted by Gasteiger charge is -2.36. The maximum atomic E-state index is 12.7. The summed E-state index contributed by atoms with van der Waals surface area (Å²) < 4.78 is 5.09. The summed E-state index contributed by atoms with van der Waals surface area (Å²) in [5.41, 5.74) is 0. The number of nitrogens with zero attached hydrogens (tertiary/aromatic N) is 2. The molecule has 1 unspecified atom stereocenters. The van der Waals surface area contributed by atoms with Crippen LogP contribution < -0.4 is 5.32 Å². The standard InChI is InChI=1S/C17H33N3O3/c1-13(2)6-8-19-9-7-18-17(22)15(19)12-16(21)20(14(3)4)10-11-23-5/h13-15H,6-12H2,1-5H3,(H,18,22). The van der Waals surface area contributed by atoms with Crippen molar-refractivity contribution < 1.29 is 14.3 Å². The van der Waals surface area contributed by atoms with Gasteiger partial charge in [0.05, 0.1) is 19.1 Å². The Morgan fingerprint density at radius 3 is 2.65 bits per heavy atom. The molecule has 1 aliphatic rings. The van der Waals surface area contributed by atoms with E-state index in [9.17, 15) is 9.59 Å². The van der Waals surface area contributed by atoms with Crippen molar-refractivity contribution in [2.45, 2.75) is 52.6 Å². The number of carbonyl (C=O) groups excluding carboxylic acids is 2. The summed E-state index contributed by atoms with van der Waals surface area (Å²) in [4.78, 5) is 28.9. The maximum Gasteiger partial charge on any atom is 0.237 e. The first-order valence-corrected chi connectivity index (χ1v) is 8.67. The number of methoxy groups -OCH3 is 1. The van der Waals surface area contributed by atoms with E-state index in [1.165, 1.54) is 0 Å². The third-order valence-electron chi connectivity index (χ3n) is 4.28. The minimum absolute atomic E-state index is 0.0219. The van der Waals surface area contributed by atoms with E-state index in [1.54, 1.807) is 12.0 Å². The highest BCUT2D eigenvalue weighted by molar-refractivity contribution is 5.89.